The highest BCUT2D eigenvalue weighted by atomic mass is 16.5. The average Bonchev–Trinajstić information content (AvgIpc) is 2.97. The van der Waals surface area contributed by atoms with E-state index in [2.05, 4.69) is 0 Å². The molecule has 0 aliphatic heterocycles. The number of primary amides is 1. The fourth-order valence-electron chi connectivity index (χ4n) is 1.55. The van der Waals surface area contributed by atoms with E-state index in [0.29, 0.717) is 6.61 Å². The van der Waals surface area contributed by atoms with Crippen LogP contribution in [0.2, 0.25) is 0 Å². The molecule has 0 saturated heterocycles. The van der Waals surface area contributed by atoms with Crippen LogP contribution in [0.3, 0.4) is 0 Å². The minimum atomic E-state index is -0.998. The van der Waals surface area contributed by atoms with E-state index >= 15 is 0 Å². The molecule has 0 heterocycles. The molecule has 2 atom stereocenters. The van der Waals surface area contributed by atoms with Gasteiger partial charge in [0.25, 0.3) is 0 Å². The van der Waals surface area contributed by atoms with E-state index in [9.17, 15) is 4.79 Å². The van der Waals surface area contributed by atoms with Crippen LogP contribution < -0.4 is 11.5 Å². The summed E-state index contributed by atoms with van der Waals surface area (Å²) in [6.45, 7) is 2.54. The molecule has 2 unspecified atom stereocenters. The maximum absolute atomic E-state index is 11.3. The first-order chi connectivity index (χ1) is 7.00. The summed E-state index contributed by atoms with van der Waals surface area (Å²) < 4.78 is 10.4. The number of methoxy groups -OCH3 is 1. The normalized spacial score (nSPS) is 22.1. The van der Waals surface area contributed by atoms with Gasteiger partial charge in [-0.2, -0.15) is 0 Å². The van der Waals surface area contributed by atoms with Crippen LogP contribution in [0.5, 0.6) is 0 Å². The lowest BCUT2D eigenvalue weighted by Gasteiger charge is -2.27. The Balaban J connectivity index is 2.42. The van der Waals surface area contributed by atoms with Crippen molar-refractivity contribution >= 4 is 5.91 Å². The van der Waals surface area contributed by atoms with Crippen molar-refractivity contribution < 1.29 is 14.3 Å². The molecule has 1 aliphatic carbocycles. The van der Waals surface area contributed by atoms with E-state index in [1.54, 1.807) is 7.11 Å². The number of hydrogen-bond donors (Lipinski definition) is 2. The quantitative estimate of drug-likeness (QED) is 0.608. The molecule has 1 aliphatic rings. The number of carbonyl (C=O) groups is 1. The van der Waals surface area contributed by atoms with E-state index in [1.165, 1.54) is 0 Å². The lowest BCUT2D eigenvalue weighted by atomic mass is 9.95. The van der Waals surface area contributed by atoms with Crippen LogP contribution in [-0.2, 0) is 14.3 Å². The van der Waals surface area contributed by atoms with Crippen LogP contribution in [0.15, 0.2) is 0 Å². The van der Waals surface area contributed by atoms with Gasteiger partial charge in [0.15, 0.2) is 0 Å². The van der Waals surface area contributed by atoms with Crippen LogP contribution in [-0.4, -0.2) is 37.9 Å². The highest BCUT2D eigenvalue weighted by Crippen LogP contribution is 2.38. The van der Waals surface area contributed by atoms with Gasteiger partial charge in [0.1, 0.15) is 5.54 Å². The average molecular weight is 216 g/mol. The summed E-state index contributed by atoms with van der Waals surface area (Å²) in [5.74, 6) is -0.292. The molecule has 1 saturated carbocycles. The molecule has 5 nitrogen and oxygen atoms in total. The van der Waals surface area contributed by atoms with Crippen molar-refractivity contribution in [3.63, 3.8) is 0 Å². The first-order valence-corrected chi connectivity index (χ1v) is 5.20. The Morgan fingerprint density at radius 1 is 1.60 bits per heavy atom. The van der Waals surface area contributed by atoms with Crippen molar-refractivity contribution in [1.29, 1.82) is 0 Å². The van der Waals surface area contributed by atoms with Crippen molar-refractivity contribution in [3.05, 3.63) is 0 Å². The fraction of sp³-hybridized carbons (Fsp3) is 0.900. The topological polar surface area (TPSA) is 87.6 Å². The van der Waals surface area contributed by atoms with Crippen molar-refractivity contribution in [2.45, 2.75) is 31.4 Å². The number of nitrogens with two attached hydrogens (primary N) is 2. The van der Waals surface area contributed by atoms with Crippen molar-refractivity contribution in [3.8, 4) is 0 Å². The minimum absolute atomic E-state index is 0.0731. The summed E-state index contributed by atoms with van der Waals surface area (Å²) >= 11 is 0. The van der Waals surface area contributed by atoms with Crippen LogP contribution in [0.25, 0.3) is 0 Å². The van der Waals surface area contributed by atoms with Crippen LogP contribution in [0, 0.1) is 5.92 Å². The van der Waals surface area contributed by atoms with Gasteiger partial charge in [-0.05, 0) is 25.7 Å². The van der Waals surface area contributed by atoms with Crippen molar-refractivity contribution in [2.75, 3.05) is 20.3 Å². The SMILES string of the molecule is COCC(C)OCC(N)(C(N)=O)C1CC1. The molecule has 1 fully saturated rings. The van der Waals surface area contributed by atoms with Crippen molar-refractivity contribution in [1.82, 2.24) is 0 Å². The van der Waals surface area contributed by atoms with Crippen LogP contribution in [0.1, 0.15) is 19.8 Å². The van der Waals surface area contributed by atoms with Gasteiger partial charge >= 0.3 is 0 Å². The Labute approximate surface area is 90.1 Å². The third-order valence-electron chi connectivity index (χ3n) is 2.77. The van der Waals surface area contributed by atoms with E-state index in [4.69, 9.17) is 20.9 Å². The molecule has 0 aromatic carbocycles. The Morgan fingerprint density at radius 2 is 2.20 bits per heavy atom. The first kappa shape index (κ1) is 12.4. The molecular formula is C10H20N2O3. The summed E-state index contributed by atoms with van der Waals surface area (Å²) in [7, 11) is 1.60. The molecule has 0 aromatic heterocycles. The molecule has 0 aromatic rings. The zero-order chi connectivity index (χ0) is 11.5. The number of carbonyl (C=O) groups excluding carboxylic acids is 1. The summed E-state index contributed by atoms with van der Waals surface area (Å²) in [5.41, 5.74) is 10.2. The van der Waals surface area contributed by atoms with Crippen LogP contribution in [0.4, 0.5) is 0 Å². The Hall–Kier alpha value is -0.650. The van der Waals surface area contributed by atoms with Crippen molar-refractivity contribution in [2.24, 2.45) is 17.4 Å². The van der Waals surface area contributed by atoms with Gasteiger partial charge in [0.2, 0.25) is 5.91 Å². The Morgan fingerprint density at radius 3 is 2.60 bits per heavy atom. The summed E-state index contributed by atoms with van der Waals surface area (Å²) in [6, 6.07) is 0. The third kappa shape index (κ3) is 3.15. The minimum Gasteiger partial charge on any atom is -0.382 e. The molecule has 1 amide bonds. The second-order valence-corrected chi connectivity index (χ2v) is 4.26. The molecule has 5 heteroatoms. The lowest BCUT2D eigenvalue weighted by Crippen LogP contribution is -2.57. The molecule has 4 N–H and O–H groups in total. The van der Waals surface area contributed by atoms with E-state index in [0.717, 1.165) is 12.8 Å². The second kappa shape index (κ2) is 4.92. The number of rotatable bonds is 7. The highest BCUT2D eigenvalue weighted by Gasteiger charge is 2.47. The summed E-state index contributed by atoms with van der Waals surface area (Å²) in [6.07, 6.45) is 1.85. The molecular weight excluding hydrogens is 196 g/mol. The second-order valence-electron chi connectivity index (χ2n) is 4.26. The van der Waals surface area contributed by atoms with Gasteiger partial charge in [-0.1, -0.05) is 0 Å². The highest BCUT2D eigenvalue weighted by molar-refractivity contribution is 5.85. The van der Waals surface area contributed by atoms with E-state index in [-0.39, 0.29) is 18.6 Å². The summed E-state index contributed by atoms with van der Waals surface area (Å²) in [5, 5.41) is 0. The predicted octanol–water partition coefficient (Wildman–Crippen LogP) is -0.369. The largest absolute Gasteiger partial charge is 0.382 e. The Kier molecular flexibility index (Phi) is 4.07. The molecule has 1 rings (SSSR count). The maximum Gasteiger partial charge on any atom is 0.240 e. The zero-order valence-electron chi connectivity index (χ0n) is 9.36. The van der Waals surface area contributed by atoms with Gasteiger partial charge in [0, 0.05) is 7.11 Å². The van der Waals surface area contributed by atoms with Gasteiger partial charge in [-0.25, -0.2) is 0 Å². The van der Waals surface area contributed by atoms with Gasteiger partial charge < -0.3 is 20.9 Å². The molecule has 15 heavy (non-hydrogen) atoms. The number of ether oxygens (including phenoxy) is 2. The third-order valence-corrected chi connectivity index (χ3v) is 2.77. The standard InChI is InChI=1S/C10H20N2O3/c1-7(5-14-2)15-6-10(12,9(11)13)8-3-4-8/h7-8H,3-6,12H2,1-2H3,(H2,11,13). The molecule has 88 valence electrons. The first-order valence-electron chi connectivity index (χ1n) is 5.20. The monoisotopic (exact) mass is 216 g/mol. The molecule has 0 spiro atoms. The lowest BCUT2D eigenvalue weighted by molar-refractivity contribution is -0.128. The van der Waals surface area contributed by atoms with Gasteiger partial charge in [-0.3, -0.25) is 4.79 Å². The number of amides is 1. The van der Waals surface area contributed by atoms with E-state index in [1.807, 2.05) is 6.92 Å². The molecule has 0 radical (unpaired) electrons. The van der Waals surface area contributed by atoms with Crippen LogP contribution >= 0.6 is 0 Å². The molecule has 0 bridgehead atoms. The van der Waals surface area contributed by atoms with Gasteiger partial charge in [-0.15, -0.1) is 0 Å². The fourth-order valence-corrected chi connectivity index (χ4v) is 1.55. The predicted molar refractivity (Wildman–Crippen MR) is 56.1 cm³/mol. The summed E-state index contributed by atoms with van der Waals surface area (Å²) in [4.78, 5) is 11.3. The van der Waals surface area contributed by atoms with Gasteiger partial charge in [0.05, 0.1) is 19.3 Å². The van der Waals surface area contributed by atoms with E-state index < -0.39 is 11.4 Å². The number of hydrogen-bond acceptors (Lipinski definition) is 4. The zero-order valence-corrected chi connectivity index (χ0v) is 9.36. The smallest absolute Gasteiger partial charge is 0.240 e. The Bertz CT molecular complexity index is 231. The maximum atomic E-state index is 11.3.